The van der Waals surface area contributed by atoms with Crippen LogP contribution in [0.15, 0.2) is 54.9 Å². The van der Waals surface area contributed by atoms with E-state index in [0.29, 0.717) is 22.9 Å². The fraction of sp³-hybridized carbons (Fsp3) is 0.105. The molecular weight excluding hydrogens is 332 g/mol. The summed E-state index contributed by atoms with van der Waals surface area (Å²) in [7, 11) is 0. The molecule has 1 aromatic heterocycles. The monoisotopic (exact) mass is 348 g/mol. The van der Waals surface area contributed by atoms with Gasteiger partial charge in [-0.05, 0) is 31.2 Å². The van der Waals surface area contributed by atoms with Crippen LogP contribution < -0.4 is 20.1 Å². The summed E-state index contributed by atoms with van der Waals surface area (Å²) >= 11 is 0. The van der Waals surface area contributed by atoms with Crippen molar-refractivity contribution in [3.63, 3.8) is 0 Å². The molecule has 0 aliphatic carbocycles. The first kappa shape index (κ1) is 15.9. The summed E-state index contributed by atoms with van der Waals surface area (Å²) in [4.78, 5) is 19.9. The van der Waals surface area contributed by atoms with E-state index in [1.54, 1.807) is 18.2 Å². The zero-order chi connectivity index (χ0) is 17.9. The summed E-state index contributed by atoms with van der Waals surface area (Å²) in [5.74, 6) is 2.68. The van der Waals surface area contributed by atoms with Crippen molar-refractivity contribution in [3.8, 4) is 11.5 Å². The number of fused-ring (bicyclic) bond motifs is 1. The molecule has 26 heavy (non-hydrogen) atoms. The number of rotatable bonds is 5. The number of hydrogen-bond donors (Lipinski definition) is 2. The number of aromatic nitrogens is 2. The van der Waals surface area contributed by atoms with Crippen molar-refractivity contribution in [2.24, 2.45) is 0 Å². The second kappa shape index (κ2) is 6.72. The third kappa shape index (κ3) is 3.41. The van der Waals surface area contributed by atoms with E-state index in [2.05, 4.69) is 20.6 Å². The molecule has 0 radical (unpaired) electrons. The maximum Gasteiger partial charge on any atom is 0.231 e. The van der Waals surface area contributed by atoms with Gasteiger partial charge in [0.05, 0.1) is 0 Å². The van der Waals surface area contributed by atoms with E-state index < -0.39 is 0 Å². The van der Waals surface area contributed by atoms with E-state index in [0.717, 1.165) is 17.1 Å². The summed E-state index contributed by atoms with van der Waals surface area (Å²) in [5.41, 5.74) is 2.26. The molecule has 0 bridgehead atoms. The fourth-order valence-corrected chi connectivity index (χ4v) is 2.58. The van der Waals surface area contributed by atoms with Gasteiger partial charge in [-0.15, -0.1) is 0 Å². The number of Topliss-reactive ketones (excluding diaryl/α,β-unsaturated/α-hetero) is 1. The third-order valence-electron chi connectivity index (χ3n) is 3.85. The molecule has 2 aromatic carbocycles. The molecule has 3 aromatic rings. The molecule has 1 aliphatic rings. The van der Waals surface area contributed by atoms with Crippen LogP contribution in [-0.4, -0.2) is 22.5 Å². The van der Waals surface area contributed by atoms with Crippen molar-refractivity contribution in [1.82, 2.24) is 9.97 Å². The van der Waals surface area contributed by atoms with Gasteiger partial charge in [0, 0.05) is 29.1 Å². The highest BCUT2D eigenvalue weighted by Gasteiger charge is 2.13. The van der Waals surface area contributed by atoms with E-state index in [1.165, 1.54) is 13.3 Å². The quantitative estimate of drug-likeness (QED) is 0.676. The lowest BCUT2D eigenvalue weighted by Crippen LogP contribution is -1.99. The zero-order valence-corrected chi connectivity index (χ0v) is 14.0. The largest absolute Gasteiger partial charge is 0.454 e. The molecule has 2 heterocycles. The second-order valence-corrected chi connectivity index (χ2v) is 5.74. The molecule has 130 valence electrons. The van der Waals surface area contributed by atoms with Crippen molar-refractivity contribution >= 4 is 28.8 Å². The maximum absolute atomic E-state index is 11.5. The molecule has 0 atom stereocenters. The Bertz CT molecular complexity index is 975. The number of ether oxygens (including phenoxy) is 2. The molecule has 0 saturated carbocycles. The summed E-state index contributed by atoms with van der Waals surface area (Å²) in [6.45, 7) is 1.77. The predicted octanol–water partition coefficient (Wildman–Crippen LogP) is 3.90. The van der Waals surface area contributed by atoms with Gasteiger partial charge in [0.15, 0.2) is 17.3 Å². The van der Waals surface area contributed by atoms with Crippen molar-refractivity contribution in [1.29, 1.82) is 0 Å². The average molecular weight is 348 g/mol. The minimum absolute atomic E-state index is 0.0153. The highest BCUT2D eigenvalue weighted by atomic mass is 16.7. The van der Waals surface area contributed by atoms with Crippen LogP contribution in [-0.2, 0) is 0 Å². The first-order valence-corrected chi connectivity index (χ1v) is 8.04. The van der Waals surface area contributed by atoms with Crippen molar-refractivity contribution in [2.45, 2.75) is 6.92 Å². The Morgan fingerprint density at radius 1 is 0.923 bits per heavy atom. The number of anilines is 4. The highest BCUT2D eigenvalue weighted by molar-refractivity contribution is 5.95. The molecular formula is C19H16N4O3. The minimum atomic E-state index is 0.0153. The fourth-order valence-electron chi connectivity index (χ4n) is 2.58. The Kier molecular flexibility index (Phi) is 4.10. The highest BCUT2D eigenvalue weighted by Crippen LogP contribution is 2.35. The van der Waals surface area contributed by atoms with Crippen LogP contribution >= 0.6 is 0 Å². The molecule has 0 fully saturated rings. The Hall–Kier alpha value is -3.61. The molecule has 0 unspecified atom stereocenters. The lowest BCUT2D eigenvalue weighted by molar-refractivity contribution is 0.101. The van der Waals surface area contributed by atoms with Gasteiger partial charge in [-0.1, -0.05) is 12.1 Å². The molecule has 2 N–H and O–H groups in total. The number of benzene rings is 2. The van der Waals surface area contributed by atoms with Crippen LogP contribution in [0.1, 0.15) is 17.3 Å². The average Bonchev–Trinajstić information content (AvgIpc) is 3.10. The van der Waals surface area contributed by atoms with E-state index in [1.807, 2.05) is 30.3 Å². The van der Waals surface area contributed by atoms with Crippen molar-refractivity contribution < 1.29 is 14.3 Å². The molecule has 4 rings (SSSR count). The topological polar surface area (TPSA) is 85.4 Å². The van der Waals surface area contributed by atoms with Gasteiger partial charge >= 0.3 is 0 Å². The van der Waals surface area contributed by atoms with Crippen LogP contribution in [0.5, 0.6) is 11.5 Å². The first-order chi connectivity index (χ1) is 12.7. The Morgan fingerprint density at radius 3 is 2.42 bits per heavy atom. The van der Waals surface area contributed by atoms with E-state index in [4.69, 9.17) is 9.47 Å². The van der Waals surface area contributed by atoms with Crippen molar-refractivity contribution in [3.05, 3.63) is 60.4 Å². The number of carbonyl (C=O) groups is 1. The van der Waals surface area contributed by atoms with Gasteiger partial charge in [0.1, 0.15) is 18.0 Å². The lowest BCUT2D eigenvalue weighted by Gasteiger charge is -2.10. The predicted molar refractivity (Wildman–Crippen MR) is 97.6 cm³/mol. The normalized spacial score (nSPS) is 11.9. The van der Waals surface area contributed by atoms with E-state index in [9.17, 15) is 4.79 Å². The SMILES string of the molecule is CC(=O)c1cccc(Nc2cc(Nc3ccc4c(c3)OCO4)ncn2)c1. The number of carbonyl (C=O) groups excluding carboxylic acids is 1. The summed E-state index contributed by atoms with van der Waals surface area (Å²) in [6.07, 6.45) is 1.46. The smallest absolute Gasteiger partial charge is 0.231 e. The van der Waals surface area contributed by atoms with Crippen molar-refractivity contribution in [2.75, 3.05) is 17.4 Å². The number of ketones is 1. The molecule has 0 spiro atoms. The van der Waals surface area contributed by atoms with Gasteiger partial charge in [0.2, 0.25) is 6.79 Å². The minimum Gasteiger partial charge on any atom is -0.454 e. The number of hydrogen-bond acceptors (Lipinski definition) is 7. The van der Waals surface area contributed by atoms with Crippen LogP contribution in [0.4, 0.5) is 23.0 Å². The van der Waals surface area contributed by atoms with Gasteiger partial charge in [-0.25, -0.2) is 9.97 Å². The third-order valence-corrected chi connectivity index (χ3v) is 3.85. The lowest BCUT2D eigenvalue weighted by atomic mass is 10.1. The van der Waals surface area contributed by atoms with Crippen LogP contribution in [0.2, 0.25) is 0 Å². The molecule has 7 heteroatoms. The van der Waals surface area contributed by atoms with Gasteiger partial charge < -0.3 is 20.1 Å². The zero-order valence-electron chi connectivity index (χ0n) is 14.0. The summed E-state index contributed by atoms with van der Waals surface area (Å²) in [6, 6.07) is 14.6. The first-order valence-electron chi connectivity index (χ1n) is 8.04. The summed E-state index contributed by atoms with van der Waals surface area (Å²) in [5, 5.41) is 6.39. The number of nitrogens with one attached hydrogen (secondary N) is 2. The van der Waals surface area contributed by atoms with Gasteiger partial charge in [-0.2, -0.15) is 0 Å². The van der Waals surface area contributed by atoms with Crippen LogP contribution in [0.3, 0.4) is 0 Å². The van der Waals surface area contributed by atoms with Gasteiger partial charge in [-0.3, -0.25) is 4.79 Å². The second-order valence-electron chi connectivity index (χ2n) is 5.74. The van der Waals surface area contributed by atoms with Crippen LogP contribution in [0, 0.1) is 0 Å². The summed E-state index contributed by atoms with van der Waals surface area (Å²) < 4.78 is 10.7. The molecule has 0 saturated heterocycles. The van der Waals surface area contributed by atoms with Crippen LogP contribution in [0.25, 0.3) is 0 Å². The standard InChI is InChI=1S/C19H16N4O3/c1-12(24)13-3-2-4-14(7-13)22-18-9-19(21-10-20-18)23-15-5-6-16-17(8-15)26-11-25-16/h2-10H,11H2,1H3,(H2,20,21,22,23). The Morgan fingerprint density at radius 2 is 1.65 bits per heavy atom. The number of nitrogens with zero attached hydrogens (tertiary/aromatic N) is 2. The van der Waals surface area contributed by atoms with Gasteiger partial charge in [0.25, 0.3) is 0 Å². The van der Waals surface area contributed by atoms with E-state index in [-0.39, 0.29) is 12.6 Å². The molecule has 0 amide bonds. The molecule has 7 nitrogen and oxygen atoms in total. The Labute approximate surface area is 150 Å². The Balaban J connectivity index is 1.51. The maximum atomic E-state index is 11.5. The van der Waals surface area contributed by atoms with E-state index >= 15 is 0 Å². The molecule has 1 aliphatic heterocycles.